The predicted octanol–water partition coefficient (Wildman–Crippen LogP) is 5.55. The van der Waals surface area contributed by atoms with Crippen LogP contribution in [-0.2, 0) is 24.1 Å². The van der Waals surface area contributed by atoms with E-state index in [1.165, 1.54) is 0 Å². The van der Waals surface area contributed by atoms with Crippen LogP contribution >= 0.6 is 0 Å². The van der Waals surface area contributed by atoms with Crippen molar-refractivity contribution in [3.63, 3.8) is 0 Å². The van der Waals surface area contributed by atoms with E-state index in [1.807, 2.05) is 33.8 Å². The van der Waals surface area contributed by atoms with Gasteiger partial charge in [0.25, 0.3) is 0 Å². The molecule has 0 fully saturated rings. The number of allylic oxidation sites excluding steroid dienone is 2. The van der Waals surface area contributed by atoms with E-state index in [0.717, 1.165) is 18.4 Å². The molecule has 0 saturated heterocycles. The maximum atomic E-state index is 13.1. The molecule has 0 bridgehead atoms. The first-order valence-corrected chi connectivity index (χ1v) is 10.5. The number of hydrogen-bond donors (Lipinski definition) is 3. The smallest absolute Gasteiger partial charge is 0.307 e. The minimum absolute atomic E-state index is 0.0312. The largest absolute Gasteiger partial charge is 0.507 e. The van der Waals surface area contributed by atoms with Gasteiger partial charge in [0, 0.05) is 23.5 Å². The summed E-state index contributed by atoms with van der Waals surface area (Å²) in [7, 11) is 0. The molecule has 0 aliphatic heterocycles. The van der Waals surface area contributed by atoms with Crippen LogP contribution in [0.5, 0.6) is 11.5 Å². The Morgan fingerprint density at radius 1 is 1.10 bits per heavy atom. The van der Waals surface area contributed by atoms with Crippen molar-refractivity contribution in [1.82, 2.24) is 0 Å². The zero-order chi connectivity index (χ0) is 22.6. The Kier molecular flexibility index (Phi) is 7.71. The van der Waals surface area contributed by atoms with Gasteiger partial charge in [-0.25, -0.2) is 0 Å². The fraction of sp³-hybridized carbons (Fsp3) is 0.500. The maximum Gasteiger partial charge on any atom is 0.307 e. The number of unbranched alkanes of at least 4 members (excludes halogenated alkanes) is 1. The molecule has 1 atom stereocenters. The van der Waals surface area contributed by atoms with Gasteiger partial charge < -0.3 is 19.7 Å². The second-order valence-electron chi connectivity index (χ2n) is 8.09. The molecule has 30 heavy (non-hydrogen) atoms. The number of phenolic OH excluding ortho intramolecular Hbond substituents is 2. The number of furan rings is 1. The second-order valence-corrected chi connectivity index (χ2v) is 8.09. The Labute approximate surface area is 177 Å². The molecule has 0 spiro atoms. The normalized spacial score (nSPS) is 12.2. The molecule has 1 heterocycles. The summed E-state index contributed by atoms with van der Waals surface area (Å²) in [5.74, 6) is -1.75. The Morgan fingerprint density at radius 2 is 1.77 bits per heavy atom. The van der Waals surface area contributed by atoms with Crippen LogP contribution in [0, 0.1) is 5.92 Å². The van der Waals surface area contributed by atoms with Gasteiger partial charge in [0.15, 0.2) is 11.4 Å². The quantitative estimate of drug-likeness (QED) is 0.346. The zero-order valence-electron chi connectivity index (χ0n) is 18.5. The summed E-state index contributed by atoms with van der Waals surface area (Å²) < 4.78 is 5.97. The monoisotopic (exact) mass is 416 g/mol. The molecule has 1 aromatic heterocycles. The third-order valence-corrected chi connectivity index (χ3v) is 5.47. The summed E-state index contributed by atoms with van der Waals surface area (Å²) >= 11 is 0. The molecule has 6 nitrogen and oxygen atoms in total. The molecule has 164 valence electrons. The highest BCUT2D eigenvalue weighted by Crippen LogP contribution is 2.45. The summed E-state index contributed by atoms with van der Waals surface area (Å²) in [6.07, 6.45) is 4.46. The van der Waals surface area contributed by atoms with Crippen LogP contribution in [0.1, 0.15) is 81.1 Å². The van der Waals surface area contributed by atoms with E-state index in [9.17, 15) is 24.9 Å². The Balaban J connectivity index is 2.93. The number of rotatable bonds is 10. The van der Waals surface area contributed by atoms with Gasteiger partial charge in [-0.3, -0.25) is 9.59 Å². The lowest BCUT2D eigenvalue weighted by atomic mass is 9.90. The fourth-order valence-electron chi connectivity index (χ4n) is 3.50. The summed E-state index contributed by atoms with van der Waals surface area (Å²) in [4.78, 5) is 24.7. The van der Waals surface area contributed by atoms with Crippen LogP contribution in [-0.4, -0.2) is 27.1 Å². The molecule has 1 unspecified atom stereocenters. The molecule has 2 aromatic rings. The number of benzene rings is 1. The topological polar surface area (TPSA) is 108 Å². The van der Waals surface area contributed by atoms with Crippen LogP contribution in [0.15, 0.2) is 16.1 Å². The molecular formula is C24H32O6. The SMILES string of the molecule is CCCCc1oc2c(C(=O)C(C)CC)c(O)c(CC=C(C)C)c(O)c2c1CC(=O)O. The first-order chi connectivity index (χ1) is 14.1. The van der Waals surface area contributed by atoms with Crippen molar-refractivity contribution in [1.29, 1.82) is 0 Å². The number of carbonyl (C=O) groups is 2. The first-order valence-electron chi connectivity index (χ1n) is 10.5. The molecule has 1 aromatic carbocycles. The highest BCUT2D eigenvalue weighted by molar-refractivity contribution is 6.12. The standard InChI is InChI=1S/C24H32O6/c1-6-8-9-17-16(12-18(25)26)19-22(28)15(11-10-13(3)4)23(29)20(24(19)30-17)21(27)14(5)7-2/h10,14,28-29H,6-9,11-12H2,1-5H3,(H,25,26). The number of carboxylic acid groups (broad SMARTS) is 1. The molecule has 0 aliphatic rings. The van der Waals surface area contributed by atoms with E-state index >= 15 is 0 Å². The molecule has 3 N–H and O–H groups in total. The number of hydrogen-bond acceptors (Lipinski definition) is 5. The average molecular weight is 417 g/mol. The maximum absolute atomic E-state index is 13.1. The lowest BCUT2D eigenvalue weighted by Gasteiger charge is -2.15. The summed E-state index contributed by atoms with van der Waals surface area (Å²) in [5.41, 5.74) is 1.69. The summed E-state index contributed by atoms with van der Waals surface area (Å²) in [6.45, 7) is 9.46. The van der Waals surface area contributed by atoms with Crippen molar-refractivity contribution in [3.8, 4) is 11.5 Å². The third-order valence-electron chi connectivity index (χ3n) is 5.47. The fourth-order valence-corrected chi connectivity index (χ4v) is 3.50. The van der Waals surface area contributed by atoms with E-state index in [-0.39, 0.29) is 58.1 Å². The van der Waals surface area contributed by atoms with Gasteiger partial charge in [0.2, 0.25) is 0 Å². The lowest BCUT2D eigenvalue weighted by molar-refractivity contribution is -0.136. The number of phenols is 2. The molecule has 0 saturated carbocycles. The van der Waals surface area contributed by atoms with E-state index in [1.54, 1.807) is 6.92 Å². The third kappa shape index (κ3) is 4.69. The molecule has 2 rings (SSSR count). The number of fused-ring (bicyclic) bond motifs is 1. The lowest BCUT2D eigenvalue weighted by Crippen LogP contribution is -2.12. The molecular weight excluding hydrogens is 384 g/mol. The number of carbonyl (C=O) groups excluding carboxylic acids is 1. The minimum atomic E-state index is -1.05. The minimum Gasteiger partial charge on any atom is -0.507 e. The second kappa shape index (κ2) is 9.83. The van der Waals surface area contributed by atoms with Crippen molar-refractivity contribution in [3.05, 3.63) is 34.1 Å². The van der Waals surface area contributed by atoms with Crippen LogP contribution in [0.2, 0.25) is 0 Å². The Bertz CT molecular complexity index is 976. The summed E-state index contributed by atoms with van der Waals surface area (Å²) in [5, 5.41) is 31.7. The van der Waals surface area contributed by atoms with Crippen molar-refractivity contribution >= 4 is 22.7 Å². The van der Waals surface area contributed by atoms with Gasteiger partial charge in [-0.15, -0.1) is 0 Å². The summed E-state index contributed by atoms with van der Waals surface area (Å²) in [6, 6.07) is 0. The number of aromatic hydroxyl groups is 2. The van der Waals surface area contributed by atoms with Gasteiger partial charge >= 0.3 is 5.97 Å². The van der Waals surface area contributed by atoms with Crippen LogP contribution in [0.25, 0.3) is 11.0 Å². The van der Waals surface area contributed by atoms with E-state index in [2.05, 4.69) is 0 Å². The van der Waals surface area contributed by atoms with Gasteiger partial charge in [-0.1, -0.05) is 38.8 Å². The van der Waals surface area contributed by atoms with Crippen molar-refractivity contribution in [2.75, 3.05) is 0 Å². The van der Waals surface area contributed by atoms with E-state index < -0.39 is 5.97 Å². The predicted molar refractivity (Wildman–Crippen MR) is 116 cm³/mol. The number of aliphatic carboxylic acids is 1. The molecule has 6 heteroatoms. The van der Waals surface area contributed by atoms with Gasteiger partial charge in [0.05, 0.1) is 11.8 Å². The molecule has 0 amide bonds. The van der Waals surface area contributed by atoms with Crippen LogP contribution in [0.4, 0.5) is 0 Å². The number of carboxylic acids is 1. The van der Waals surface area contributed by atoms with Crippen molar-refractivity contribution in [2.45, 2.75) is 73.1 Å². The number of ketones is 1. The number of aryl methyl sites for hydroxylation is 1. The first kappa shape index (κ1) is 23.5. The van der Waals surface area contributed by atoms with Crippen LogP contribution < -0.4 is 0 Å². The van der Waals surface area contributed by atoms with E-state index in [4.69, 9.17) is 4.42 Å². The van der Waals surface area contributed by atoms with Gasteiger partial charge in [0.1, 0.15) is 22.8 Å². The Hall–Kier alpha value is -2.76. The van der Waals surface area contributed by atoms with Crippen LogP contribution in [0.3, 0.4) is 0 Å². The Morgan fingerprint density at radius 3 is 2.30 bits per heavy atom. The highest BCUT2D eigenvalue weighted by atomic mass is 16.4. The van der Waals surface area contributed by atoms with Crippen molar-refractivity contribution in [2.24, 2.45) is 5.92 Å². The van der Waals surface area contributed by atoms with Gasteiger partial charge in [-0.05, 0) is 33.1 Å². The van der Waals surface area contributed by atoms with E-state index in [0.29, 0.717) is 24.2 Å². The van der Waals surface area contributed by atoms with Gasteiger partial charge in [-0.2, -0.15) is 0 Å². The molecule has 0 radical (unpaired) electrons. The average Bonchev–Trinajstić information content (AvgIpc) is 3.02. The van der Waals surface area contributed by atoms with Crippen molar-refractivity contribution < 1.29 is 29.3 Å². The number of Topliss-reactive ketones (excluding diaryl/α,β-unsaturated/α-hetero) is 1. The zero-order valence-corrected chi connectivity index (χ0v) is 18.5. The molecule has 0 aliphatic carbocycles. The highest BCUT2D eigenvalue weighted by Gasteiger charge is 2.31.